The minimum absolute atomic E-state index is 0.285. The predicted molar refractivity (Wildman–Crippen MR) is 67.9 cm³/mol. The Morgan fingerprint density at radius 3 is 2.94 bits per heavy atom. The lowest BCUT2D eigenvalue weighted by Gasteiger charge is -2.29. The highest BCUT2D eigenvalue weighted by Gasteiger charge is 2.37. The Balaban J connectivity index is 2.03. The minimum Gasteiger partial charge on any atom is -0.390 e. The van der Waals surface area contributed by atoms with E-state index in [9.17, 15) is 5.11 Å². The summed E-state index contributed by atoms with van der Waals surface area (Å²) in [4.78, 5) is 2.34. The molecule has 90 valence electrons. The third-order valence-electron chi connectivity index (χ3n) is 3.47. The molecule has 1 unspecified atom stereocenters. The number of benzene rings is 1. The maximum absolute atomic E-state index is 10.1. The predicted octanol–water partition coefficient (Wildman–Crippen LogP) is 2.06. The standard InChI is InChI=1S/C14H18N2O/c1-14(2,17)7-12-10-5-3-4-6-11(10)13-8-15-9-16(12)13/h3-6,8,12,15,17H,7,9H2,1-2H3. The van der Waals surface area contributed by atoms with E-state index in [0.29, 0.717) is 0 Å². The van der Waals surface area contributed by atoms with Crippen molar-refractivity contribution in [3.8, 4) is 0 Å². The van der Waals surface area contributed by atoms with Gasteiger partial charge in [0.15, 0.2) is 0 Å². The van der Waals surface area contributed by atoms with Gasteiger partial charge in [0.05, 0.1) is 24.0 Å². The van der Waals surface area contributed by atoms with Gasteiger partial charge in [0, 0.05) is 18.2 Å². The van der Waals surface area contributed by atoms with Gasteiger partial charge in [0.2, 0.25) is 0 Å². The van der Waals surface area contributed by atoms with Crippen molar-refractivity contribution in [3.05, 3.63) is 41.6 Å². The minimum atomic E-state index is -0.643. The normalized spacial score (nSPS) is 21.9. The lowest BCUT2D eigenvalue weighted by atomic mass is 9.93. The van der Waals surface area contributed by atoms with E-state index in [1.54, 1.807) is 0 Å². The van der Waals surface area contributed by atoms with E-state index in [4.69, 9.17) is 0 Å². The lowest BCUT2D eigenvalue weighted by Crippen LogP contribution is -2.30. The zero-order valence-electron chi connectivity index (χ0n) is 10.3. The molecule has 17 heavy (non-hydrogen) atoms. The Morgan fingerprint density at radius 2 is 2.18 bits per heavy atom. The second-order valence-corrected chi connectivity index (χ2v) is 5.48. The molecule has 2 N–H and O–H groups in total. The number of aliphatic hydroxyl groups is 1. The van der Waals surface area contributed by atoms with Crippen molar-refractivity contribution in [2.24, 2.45) is 0 Å². The molecule has 3 rings (SSSR count). The highest BCUT2D eigenvalue weighted by atomic mass is 16.3. The maximum atomic E-state index is 10.1. The van der Waals surface area contributed by atoms with Gasteiger partial charge in [-0.1, -0.05) is 24.3 Å². The molecule has 2 heterocycles. The van der Waals surface area contributed by atoms with Crippen molar-refractivity contribution in [2.75, 3.05) is 6.67 Å². The summed E-state index contributed by atoms with van der Waals surface area (Å²) in [6, 6.07) is 8.76. The summed E-state index contributed by atoms with van der Waals surface area (Å²) in [6.45, 7) is 4.59. The van der Waals surface area contributed by atoms with E-state index in [-0.39, 0.29) is 6.04 Å². The number of hydrogen-bond donors (Lipinski definition) is 2. The van der Waals surface area contributed by atoms with Gasteiger partial charge in [-0.15, -0.1) is 0 Å². The summed E-state index contributed by atoms with van der Waals surface area (Å²) in [5, 5.41) is 13.3. The average Bonchev–Trinajstić information content (AvgIpc) is 2.81. The monoisotopic (exact) mass is 230 g/mol. The fourth-order valence-corrected chi connectivity index (χ4v) is 2.80. The molecule has 0 bridgehead atoms. The molecule has 0 aromatic heterocycles. The van der Waals surface area contributed by atoms with Gasteiger partial charge in [-0.3, -0.25) is 0 Å². The van der Waals surface area contributed by atoms with Crippen molar-refractivity contribution >= 4 is 5.70 Å². The van der Waals surface area contributed by atoms with Crippen molar-refractivity contribution in [2.45, 2.75) is 31.9 Å². The lowest BCUT2D eigenvalue weighted by molar-refractivity contribution is 0.0469. The van der Waals surface area contributed by atoms with Crippen LogP contribution in [0, 0.1) is 0 Å². The first-order chi connectivity index (χ1) is 8.06. The van der Waals surface area contributed by atoms with Crippen LogP contribution >= 0.6 is 0 Å². The van der Waals surface area contributed by atoms with Crippen LogP contribution < -0.4 is 5.32 Å². The first kappa shape index (κ1) is 10.7. The largest absolute Gasteiger partial charge is 0.390 e. The molecule has 0 aliphatic carbocycles. The van der Waals surface area contributed by atoms with Crippen LogP contribution in [0.15, 0.2) is 30.5 Å². The van der Waals surface area contributed by atoms with Gasteiger partial charge in [0.25, 0.3) is 0 Å². The van der Waals surface area contributed by atoms with Gasteiger partial charge in [-0.2, -0.15) is 0 Å². The highest BCUT2D eigenvalue weighted by molar-refractivity contribution is 5.73. The molecule has 0 saturated carbocycles. The summed E-state index contributed by atoms with van der Waals surface area (Å²) >= 11 is 0. The Bertz CT molecular complexity index is 473. The number of nitrogens with zero attached hydrogens (tertiary/aromatic N) is 1. The zero-order chi connectivity index (χ0) is 12.0. The molecule has 0 fully saturated rings. The van der Waals surface area contributed by atoms with Crippen LogP contribution in [0.5, 0.6) is 0 Å². The van der Waals surface area contributed by atoms with E-state index in [1.807, 2.05) is 13.8 Å². The van der Waals surface area contributed by atoms with Gasteiger partial charge in [-0.05, 0) is 19.4 Å². The summed E-state index contributed by atoms with van der Waals surface area (Å²) in [7, 11) is 0. The van der Waals surface area contributed by atoms with Gasteiger partial charge < -0.3 is 15.3 Å². The zero-order valence-corrected chi connectivity index (χ0v) is 10.3. The van der Waals surface area contributed by atoms with E-state index < -0.39 is 5.60 Å². The summed E-state index contributed by atoms with van der Waals surface area (Å²) in [6.07, 6.45) is 2.83. The summed E-state index contributed by atoms with van der Waals surface area (Å²) in [5.41, 5.74) is 3.25. The van der Waals surface area contributed by atoms with Crippen LogP contribution in [-0.4, -0.2) is 22.3 Å². The van der Waals surface area contributed by atoms with Crippen LogP contribution in [0.3, 0.4) is 0 Å². The summed E-state index contributed by atoms with van der Waals surface area (Å²) in [5.74, 6) is 0. The number of hydrogen-bond acceptors (Lipinski definition) is 3. The molecule has 0 amide bonds. The van der Waals surface area contributed by atoms with Crippen LogP contribution in [0.4, 0.5) is 0 Å². The van der Waals surface area contributed by atoms with Gasteiger partial charge in [0.1, 0.15) is 0 Å². The van der Waals surface area contributed by atoms with E-state index in [0.717, 1.165) is 13.1 Å². The first-order valence-corrected chi connectivity index (χ1v) is 6.08. The van der Waals surface area contributed by atoms with E-state index in [1.165, 1.54) is 16.8 Å². The fourth-order valence-electron chi connectivity index (χ4n) is 2.80. The van der Waals surface area contributed by atoms with Gasteiger partial charge >= 0.3 is 0 Å². The SMILES string of the molecule is CC(C)(O)CC1c2ccccc2C2=CNCN21. The molecule has 2 aliphatic rings. The topological polar surface area (TPSA) is 35.5 Å². The van der Waals surface area contributed by atoms with Crippen molar-refractivity contribution in [3.63, 3.8) is 0 Å². The smallest absolute Gasteiger partial charge is 0.0879 e. The maximum Gasteiger partial charge on any atom is 0.0879 e. The second-order valence-electron chi connectivity index (χ2n) is 5.48. The van der Waals surface area contributed by atoms with Crippen molar-refractivity contribution in [1.29, 1.82) is 0 Å². The third-order valence-corrected chi connectivity index (χ3v) is 3.47. The van der Waals surface area contributed by atoms with E-state index >= 15 is 0 Å². The molecule has 1 aromatic carbocycles. The molecule has 0 radical (unpaired) electrons. The number of rotatable bonds is 2. The van der Waals surface area contributed by atoms with Crippen LogP contribution in [0.25, 0.3) is 5.70 Å². The second kappa shape index (κ2) is 3.50. The number of nitrogens with one attached hydrogen (secondary N) is 1. The molecular formula is C14H18N2O. The van der Waals surface area contributed by atoms with Crippen molar-refractivity contribution < 1.29 is 5.11 Å². The van der Waals surface area contributed by atoms with Crippen LogP contribution in [0.1, 0.15) is 37.4 Å². The summed E-state index contributed by atoms with van der Waals surface area (Å²) < 4.78 is 0. The first-order valence-electron chi connectivity index (χ1n) is 6.08. The Hall–Kier alpha value is -1.48. The average molecular weight is 230 g/mol. The molecule has 3 nitrogen and oxygen atoms in total. The molecule has 0 spiro atoms. The Labute approximate surface area is 102 Å². The third kappa shape index (κ3) is 1.71. The van der Waals surface area contributed by atoms with Gasteiger partial charge in [-0.25, -0.2) is 0 Å². The molecule has 3 heteroatoms. The Kier molecular flexibility index (Phi) is 2.20. The molecule has 2 aliphatic heterocycles. The molecule has 1 aromatic rings. The molecular weight excluding hydrogens is 212 g/mol. The fraction of sp³-hybridized carbons (Fsp3) is 0.429. The Morgan fingerprint density at radius 1 is 1.41 bits per heavy atom. The van der Waals surface area contributed by atoms with E-state index in [2.05, 4.69) is 40.7 Å². The quantitative estimate of drug-likeness (QED) is 0.816. The molecule has 0 saturated heterocycles. The van der Waals surface area contributed by atoms with Crippen LogP contribution in [0.2, 0.25) is 0 Å². The number of fused-ring (bicyclic) bond motifs is 3. The molecule has 1 atom stereocenters. The van der Waals surface area contributed by atoms with Crippen molar-refractivity contribution in [1.82, 2.24) is 10.2 Å². The highest BCUT2D eigenvalue weighted by Crippen LogP contribution is 2.45. The van der Waals surface area contributed by atoms with Crippen LogP contribution in [-0.2, 0) is 0 Å².